The van der Waals surface area contributed by atoms with E-state index in [9.17, 15) is 9.59 Å². The van der Waals surface area contributed by atoms with E-state index in [1.165, 1.54) is 0 Å². The first-order valence-electron chi connectivity index (χ1n) is 12.5. The summed E-state index contributed by atoms with van der Waals surface area (Å²) in [5.41, 5.74) is 1.03. The Labute approximate surface area is 216 Å². The van der Waals surface area contributed by atoms with Crippen molar-refractivity contribution in [3.63, 3.8) is 0 Å². The van der Waals surface area contributed by atoms with Crippen molar-refractivity contribution >= 4 is 12.6 Å². The molecule has 36 heavy (non-hydrogen) atoms. The maximum absolute atomic E-state index is 11.0. The van der Waals surface area contributed by atoms with Gasteiger partial charge in [-0.1, -0.05) is 41.5 Å². The van der Waals surface area contributed by atoms with Crippen LogP contribution < -0.4 is 9.47 Å². The standard InChI is InChI=1S/C30H42O6/c1-28(2,3)21-30(29(4,5)6,23-36-27-13-9-25(20-32)10-14-27)22-34-16-15-33-17-18-35-26-11-7-24(19-31)8-12-26/h7-14,19-20H,15-18,21-23H2,1-6H3. The Bertz CT molecular complexity index is 922. The zero-order valence-corrected chi connectivity index (χ0v) is 22.7. The summed E-state index contributed by atoms with van der Waals surface area (Å²) < 4.78 is 23.7. The number of carbonyl (C=O) groups is 2. The molecule has 0 aliphatic carbocycles. The van der Waals surface area contributed by atoms with Crippen molar-refractivity contribution < 1.29 is 28.5 Å². The third-order valence-electron chi connectivity index (χ3n) is 6.25. The molecule has 0 radical (unpaired) electrons. The Hall–Kier alpha value is -2.70. The minimum Gasteiger partial charge on any atom is -0.493 e. The van der Waals surface area contributed by atoms with Gasteiger partial charge in [0.25, 0.3) is 0 Å². The SMILES string of the molecule is CC(C)(C)CC(COCCOCCOc1ccc(C=O)cc1)(COc1ccc(C=O)cc1)C(C)(C)C. The highest BCUT2D eigenvalue weighted by molar-refractivity contribution is 5.75. The number of benzene rings is 2. The van der Waals surface area contributed by atoms with Crippen LogP contribution in [0.1, 0.15) is 68.7 Å². The van der Waals surface area contributed by atoms with E-state index in [-0.39, 0.29) is 16.2 Å². The Balaban J connectivity index is 1.87. The van der Waals surface area contributed by atoms with Crippen LogP contribution in [0.2, 0.25) is 0 Å². The molecule has 0 saturated heterocycles. The summed E-state index contributed by atoms with van der Waals surface area (Å²) in [7, 11) is 0. The summed E-state index contributed by atoms with van der Waals surface area (Å²) >= 11 is 0. The van der Waals surface area contributed by atoms with E-state index < -0.39 is 0 Å². The summed E-state index contributed by atoms with van der Waals surface area (Å²) in [6.45, 7) is 16.3. The molecule has 2 aromatic carbocycles. The highest BCUT2D eigenvalue weighted by Gasteiger charge is 2.45. The zero-order valence-electron chi connectivity index (χ0n) is 22.7. The molecule has 0 saturated carbocycles. The number of carbonyl (C=O) groups excluding carboxylic acids is 2. The van der Waals surface area contributed by atoms with Gasteiger partial charge in [0.2, 0.25) is 0 Å². The molecule has 6 heteroatoms. The van der Waals surface area contributed by atoms with Gasteiger partial charge < -0.3 is 18.9 Å². The summed E-state index contributed by atoms with van der Waals surface area (Å²) in [6.07, 6.45) is 2.56. The average molecular weight is 499 g/mol. The van der Waals surface area contributed by atoms with Gasteiger partial charge >= 0.3 is 0 Å². The molecule has 1 atom stereocenters. The van der Waals surface area contributed by atoms with Gasteiger partial charge in [0, 0.05) is 16.5 Å². The predicted molar refractivity (Wildman–Crippen MR) is 142 cm³/mol. The third kappa shape index (κ3) is 9.75. The van der Waals surface area contributed by atoms with E-state index in [1.54, 1.807) is 36.4 Å². The van der Waals surface area contributed by atoms with Gasteiger partial charge in [0.05, 0.1) is 33.0 Å². The van der Waals surface area contributed by atoms with Crippen LogP contribution in [-0.2, 0) is 9.47 Å². The highest BCUT2D eigenvalue weighted by atomic mass is 16.5. The normalized spacial score (nSPS) is 13.6. The molecule has 0 N–H and O–H groups in total. The second-order valence-corrected chi connectivity index (χ2v) is 11.4. The fraction of sp³-hybridized carbons (Fsp3) is 0.533. The molecular formula is C30H42O6. The van der Waals surface area contributed by atoms with Crippen LogP contribution >= 0.6 is 0 Å². The van der Waals surface area contributed by atoms with Crippen LogP contribution in [0, 0.1) is 16.2 Å². The monoisotopic (exact) mass is 498 g/mol. The Morgan fingerprint density at radius 2 is 1.08 bits per heavy atom. The number of aldehydes is 2. The summed E-state index contributed by atoms with van der Waals surface area (Å²) in [6, 6.07) is 14.2. The largest absolute Gasteiger partial charge is 0.493 e. The number of hydrogen-bond donors (Lipinski definition) is 0. The van der Waals surface area contributed by atoms with E-state index in [1.807, 2.05) is 12.1 Å². The van der Waals surface area contributed by atoms with Crippen molar-refractivity contribution in [3.8, 4) is 11.5 Å². The predicted octanol–water partition coefficient (Wildman–Crippen LogP) is 6.27. The van der Waals surface area contributed by atoms with Crippen molar-refractivity contribution in [2.75, 3.05) is 39.6 Å². The van der Waals surface area contributed by atoms with Crippen molar-refractivity contribution in [1.29, 1.82) is 0 Å². The fourth-order valence-corrected chi connectivity index (χ4v) is 4.07. The molecule has 0 aliphatic heterocycles. The minimum atomic E-state index is -0.231. The quantitative estimate of drug-likeness (QED) is 0.213. The first kappa shape index (κ1) is 29.5. The molecule has 0 aliphatic rings. The van der Waals surface area contributed by atoms with Crippen LogP contribution in [0.5, 0.6) is 11.5 Å². The minimum absolute atomic E-state index is 0.0723. The lowest BCUT2D eigenvalue weighted by Crippen LogP contribution is -2.47. The van der Waals surface area contributed by atoms with Gasteiger partial charge in [-0.25, -0.2) is 0 Å². The summed E-state index contributed by atoms with van der Waals surface area (Å²) in [5.74, 6) is 1.45. The summed E-state index contributed by atoms with van der Waals surface area (Å²) in [5, 5.41) is 0. The third-order valence-corrected chi connectivity index (χ3v) is 6.25. The van der Waals surface area contributed by atoms with Crippen LogP contribution in [0.3, 0.4) is 0 Å². The first-order valence-corrected chi connectivity index (χ1v) is 12.5. The molecule has 0 fully saturated rings. The molecule has 2 aromatic rings. The van der Waals surface area contributed by atoms with Crippen molar-refractivity contribution in [1.82, 2.24) is 0 Å². The van der Waals surface area contributed by atoms with Crippen molar-refractivity contribution in [2.45, 2.75) is 48.0 Å². The van der Waals surface area contributed by atoms with Crippen molar-refractivity contribution in [3.05, 3.63) is 59.7 Å². The average Bonchev–Trinajstić information content (AvgIpc) is 2.83. The second kappa shape index (κ2) is 13.6. The van der Waals surface area contributed by atoms with Crippen LogP contribution in [0.15, 0.2) is 48.5 Å². The van der Waals surface area contributed by atoms with Crippen molar-refractivity contribution in [2.24, 2.45) is 16.2 Å². The van der Waals surface area contributed by atoms with Crippen LogP contribution in [0.25, 0.3) is 0 Å². The van der Waals surface area contributed by atoms with Gasteiger partial charge in [-0.15, -0.1) is 0 Å². The molecule has 0 amide bonds. The van der Waals surface area contributed by atoms with Gasteiger partial charge in [-0.2, -0.15) is 0 Å². The van der Waals surface area contributed by atoms with Crippen LogP contribution in [0.4, 0.5) is 0 Å². The Morgan fingerprint density at radius 3 is 1.56 bits per heavy atom. The molecule has 2 rings (SSSR count). The number of hydrogen-bond acceptors (Lipinski definition) is 6. The number of ether oxygens (including phenoxy) is 4. The lowest BCUT2D eigenvalue weighted by Gasteiger charge is -2.47. The molecular weight excluding hydrogens is 456 g/mol. The molecule has 1 unspecified atom stereocenters. The van der Waals surface area contributed by atoms with Gasteiger partial charge in [-0.3, -0.25) is 9.59 Å². The molecule has 198 valence electrons. The van der Waals surface area contributed by atoms with E-state index >= 15 is 0 Å². The summed E-state index contributed by atoms with van der Waals surface area (Å²) in [4.78, 5) is 21.7. The Morgan fingerprint density at radius 1 is 0.611 bits per heavy atom. The molecule has 6 nitrogen and oxygen atoms in total. The number of rotatable bonds is 15. The lowest BCUT2D eigenvalue weighted by molar-refractivity contribution is -0.0857. The topological polar surface area (TPSA) is 71.1 Å². The smallest absolute Gasteiger partial charge is 0.150 e. The van der Waals surface area contributed by atoms with Gasteiger partial charge in [0.1, 0.15) is 30.7 Å². The first-order chi connectivity index (χ1) is 17.0. The van der Waals surface area contributed by atoms with E-state index in [4.69, 9.17) is 18.9 Å². The van der Waals surface area contributed by atoms with Gasteiger partial charge in [-0.05, 0) is 65.8 Å². The van der Waals surface area contributed by atoms with E-state index in [0.717, 1.165) is 24.7 Å². The molecule has 0 heterocycles. The maximum Gasteiger partial charge on any atom is 0.150 e. The van der Waals surface area contributed by atoms with Crippen LogP contribution in [-0.4, -0.2) is 52.2 Å². The molecule has 0 aromatic heterocycles. The Kier molecular flexibility index (Phi) is 11.1. The van der Waals surface area contributed by atoms with E-state index in [0.29, 0.717) is 56.5 Å². The highest BCUT2D eigenvalue weighted by Crippen LogP contribution is 2.47. The van der Waals surface area contributed by atoms with Gasteiger partial charge in [0.15, 0.2) is 0 Å². The lowest BCUT2D eigenvalue weighted by atomic mass is 9.61. The maximum atomic E-state index is 11.0. The van der Waals surface area contributed by atoms with E-state index in [2.05, 4.69) is 41.5 Å². The zero-order chi connectivity index (χ0) is 26.7. The molecule has 0 spiro atoms. The second-order valence-electron chi connectivity index (χ2n) is 11.4. The fourth-order valence-electron chi connectivity index (χ4n) is 4.07. The molecule has 0 bridgehead atoms.